The number of aliphatic imine (C=N–C) groups is 1. The summed E-state index contributed by atoms with van der Waals surface area (Å²) in [6.07, 6.45) is 4.57. The molecule has 1 aromatic carbocycles. The number of nitrogens with one attached hydrogen (secondary N) is 1. The van der Waals surface area contributed by atoms with Gasteiger partial charge in [0.1, 0.15) is 17.7 Å². The molecule has 1 N–H and O–H groups in total. The van der Waals surface area contributed by atoms with Crippen LogP contribution in [0.4, 0.5) is 8.78 Å². The van der Waals surface area contributed by atoms with Crippen molar-refractivity contribution in [2.45, 2.75) is 32.0 Å². The number of halogens is 3. The maximum Gasteiger partial charge on any atom is 0.319 e. The summed E-state index contributed by atoms with van der Waals surface area (Å²) < 4.78 is 32.6. The highest BCUT2D eigenvalue weighted by Crippen LogP contribution is 2.19. The smallest absolute Gasteiger partial charge is 0.319 e. The van der Waals surface area contributed by atoms with E-state index in [-0.39, 0.29) is 42.4 Å². The predicted octanol–water partition coefficient (Wildman–Crippen LogP) is 3.52. The van der Waals surface area contributed by atoms with Crippen LogP contribution >= 0.6 is 24.0 Å². The van der Waals surface area contributed by atoms with E-state index in [2.05, 4.69) is 20.2 Å². The van der Waals surface area contributed by atoms with Crippen molar-refractivity contribution in [2.24, 2.45) is 4.99 Å². The zero-order chi connectivity index (χ0) is 18.4. The summed E-state index contributed by atoms with van der Waals surface area (Å²) in [4.78, 5) is 10.3. The molecule has 0 saturated carbocycles. The Morgan fingerprint density at radius 2 is 2.00 bits per heavy atom. The van der Waals surface area contributed by atoms with E-state index in [0.29, 0.717) is 5.96 Å². The number of aromatic nitrogens is 2. The first-order valence-corrected chi connectivity index (χ1v) is 8.64. The van der Waals surface area contributed by atoms with Crippen molar-refractivity contribution in [1.29, 1.82) is 0 Å². The van der Waals surface area contributed by atoms with Gasteiger partial charge in [-0.05, 0) is 12.1 Å². The molecule has 0 amide bonds. The highest BCUT2D eigenvalue weighted by molar-refractivity contribution is 14.0. The molecule has 0 radical (unpaired) electrons. The van der Waals surface area contributed by atoms with Crippen LogP contribution < -0.4 is 10.1 Å². The summed E-state index contributed by atoms with van der Waals surface area (Å²) in [5.41, 5.74) is 0. The average molecular weight is 491 g/mol. The Bertz CT molecular complexity index is 718. The van der Waals surface area contributed by atoms with Crippen LogP contribution in [-0.4, -0.2) is 46.7 Å². The normalized spacial score (nSPS) is 15.6. The van der Waals surface area contributed by atoms with Crippen molar-refractivity contribution in [2.75, 3.05) is 20.1 Å². The molecule has 0 aliphatic carbocycles. The van der Waals surface area contributed by atoms with Gasteiger partial charge in [0.2, 0.25) is 0 Å². The topological polar surface area (TPSA) is 54.7 Å². The summed E-state index contributed by atoms with van der Waals surface area (Å²) in [5.74, 6) is 1.85. The van der Waals surface area contributed by atoms with E-state index in [4.69, 9.17) is 4.74 Å². The first kappa shape index (κ1) is 21.4. The van der Waals surface area contributed by atoms with Gasteiger partial charge in [-0.1, -0.05) is 18.2 Å². The lowest BCUT2D eigenvalue weighted by atomic mass is 10.1. The number of hydrogen-bond donors (Lipinski definition) is 1. The SMILES string of the molecule is CN=C(NCc1nccn1C(F)F)N1CCC(Oc2ccccc2)CC1.I. The number of piperidine rings is 1. The zero-order valence-corrected chi connectivity index (χ0v) is 17.4. The minimum absolute atomic E-state index is 0. The molecule has 1 aliphatic rings. The Morgan fingerprint density at radius 1 is 1.30 bits per heavy atom. The minimum Gasteiger partial charge on any atom is -0.490 e. The Morgan fingerprint density at radius 3 is 2.63 bits per heavy atom. The Labute approximate surface area is 174 Å². The van der Waals surface area contributed by atoms with Gasteiger partial charge >= 0.3 is 6.55 Å². The third-order valence-corrected chi connectivity index (χ3v) is 4.36. The number of nitrogens with zero attached hydrogens (tertiary/aromatic N) is 4. The monoisotopic (exact) mass is 491 g/mol. The number of ether oxygens (including phenoxy) is 1. The molecule has 3 rings (SSSR count). The van der Waals surface area contributed by atoms with E-state index in [1.807, 2.05) is 30.3 Å². The standard InChI is InChI=1S/C18H23F2N5O.HI/c1-21-18(23-13-16-22-9-12-25(16)17(19)20)24-10-7-15(8-11-24)26-14-5-3-2-4-6-14;/h2-6,9,12,15,17H,7-8,10-11,13H2,1H3,(H,21,23);1H. The van der Waals surface area contributed by atoms with E-state index in [1.165, 1.54) is 12.4 Å². The van der Waals surface area contributed by atoms with E-state index in [0.717, 1.165) is 36.2 Å². The Kier molecular flexibility index (Phi) is 8.26. The van der Waals surface area contributed by atoms with Crippen molar-refractivity contribution in [1.82, 2.24) is 19.8 Å². The molecule has 0 spiro atoms. The molecule has 2 heterocycles. The van der Waals surface area contributed by atoms with Gasteiger partial charge < -0.3 is 15.0 Å². The maximum atomic E-state index is 12.9. The lowest BCUT2D eigenvalue weighted by Gasteiger charge is -2.34. The van der Waals surface area contributed by atoms with Crippen LogP contribution in [-0.2, 0) is 6.54 Å². The molecular weight excluding hydrogens is 467 g/mol. The van der Waals surface area contributed by atoms with Crippen molar-refractivity contribution in [3.05, 3.63) is 48.5 Å². The lowest BCUT2D eigenvalue weighted by Crippen LogP contribution is -2.47. The van der Waals surface area contributed by atoms with Gasteiger partial charge in [-0.15, -0.1) is 24.0 Å². The zero-order valence-electron chi connectivity index (χ0n) is 15.1. The molecule has 1 fully saturated rings. The molecule has 2 aromatic rings. The van der Waals surface area contributed by atoms with E-state index < -0.39 is 6.55 Å². The van der Waals surface area contributed by atoms with Gasteiger partial charge in [-0.3, -0.25) is 9.56 Å². The first-order valence-electron chi connectivity index (χ1n) is 8.64. The molecule has 1 aliphatic heterocycles. The molecular formula is C18H24F2IN5O. The fraction of sp³-hybridized carbons (Fsp3) is 0.444. The maximum absolute atomic E-state index is 12.9. The average Bonchev–Trinajstić information content (AvgIpc) is 3.13. The van der Waals surface area contributed by atoms with Crippen molar-refractivity contribution >= 4 is 29.9 Å². The second-order valence-electron chi connectivity index (χ2n) is 6.05. The molecule has 0 bridgehead atoms. The van der Waals surface area contributed by atoms with Crippen molar-refractivity contribution < 1.29 is 13.5 Å². The van der Waals surface area contributed by atoms with Gasteiger partial charge in [0.15, 0.2) is 5.96 Å². The highest BCUT2D eigenvalue weighted by atomic mass is 127. The number of hydrogen-bond acceptors (Lipinski definition) is 3. The van der Waals surface area contributed by atoms with Crippen LogP contribution in [0.25, 0.3) is 0 Å². The molecule has 0 atom stereocenters. The van der Waals surface area contributed by atoms with Gasteiger partial charge in [0.25, 0.3) is 0 Å². The quantitative estimate of drug-likeness (QED) is 0.395. The van der Waals surface area contributed by atoms with Crippen LogP contribution in [0.1, 0.15) is 25.2 Å². The summed E-state index contributed by atoms with van der Waals surface area (Å²) in [5, 5.41) is 3.12. The van der Waals surface area contributed by atoms with Crippen LogP contribution in [0.3, 0.4) is 0 Å². The molecule has 148 valence electrons. The molecule has 0 unspecified atom stereocenters. The number of imidazole rings is 1. The fourth-order valence-electron chi connectivity index (χ4n) is 3.03. The minimum atomic E-state index is -2.60. The van der Waals surface area contributed by atoms with Gasteiger partial charge in [-0.25, -0.2) is 4.98 Å². The largest absolute Gasteiger partial charge is 0.490 e. The van der Waals surface area contributed by atoms with Crippen molar-refractivity contribution in [3.8, 4) is 5.75 Å². The van der Waals surface area contributed by atoms with Gasteiger partial charge in [0, 0.05) is 45.4 Å². The number of benzene rings is 1. The van der Waals surface area contributed by atoms with Crippen molar-refractivity contribution in [3.63, 3.8) is 0 Å². The third-order valence-electron chi connectivity index (χ3n) is 4.36. The number of guanidine groups is 1. The Balaban J connectivity index is 0.00000261. The number of alkyl halides is 2. The van der Waals surface area contributed by atoms with Crippen LogP contribution in [0, 0.1) is 0 Å². The van der Waals surface area contributed by atoms with E-state index in [9.17, 15) is 8.78 Å². The second-order valence-corrected chi connectivity index (χ2v) is 6.05. The summed E-state index contributed by atoms with van der Waals surface area (Å²) >= 11 is 0. The predicted molar refractivity (Wildman–Crippen MR) is 111 cm³/mol. The van der Waals surface area contributed by atoms with Crippen LogP contribution in [0.2, 0.25) is 0 Å². The number of likely N-dealkylation sites (tertiary alicyclic amines) is 1. The lowest BCUT2D eigenvalue weighted by molar-refractivity contribution is 0.0667. The highest BCUT2D eigenvalue weighted by Gasteiger charge is 2.23. The number of para-hydroxylation sites is 1. The van der Waals surface area contributed by atoms with Gasteiger partial charge in [-0.2, -0.15) is 8.78 Å². The van der Waals surface area contributed by atoms with E-state index in [1.54, 1.807) is 7.05 Å². The molecule has 6 nitrogen and oxygen atoms in total. The van der Waals surface area contributed by atoms with Crippen LogP contribution in [0.5, 0.6) is 5.75 Å². The second kappa shape index (κ2) is 10.4. The molecule has 27 heavy (non-hydrogen) atoms. The number of rotatable bonds is 5. The fourth-order valence-corrected chi connectivity index (χ4v) is 3.03. The molecule has 9 heteroatoms. The van der Waals surface area contributed by atoms with E-state index >= 15 is 0 Å². The summed E-state index contributed by atoms with van der Waals surface area (Å²) in [7, 11) is 1.69. The van der Waals surface area contributed by atoms with Gasteiger partial charge in [0.05, 0.1) is 6.54 Å². The third kappa shape index (κ3) is 5.78. The molecule has 1 saturated heterocycles. The summed E-state index contributed by atoms with van der Waals surface area (Å²) in [6.45, 7) is -0.812. The first-order chi connectivity index (χ1) is 12.7. The summed E-state index contributed by atoms with van der Waals surface area (Å²) in [6, 6.07) is 9.79. The van der Waals surface area contributed by atoms with Crippen LogP contribution in [0.15, 0.2) is 47.7 Å². The Hall–Kier alpha value is -1.91. The molecule has 1 aromatic heterocycles.